The zero-order valence-electron chi connectivity index (χ0n) is 16.1. The van der Waals surface area contributed by atoms with Crippen molar-refractivity contribution >= 4 is 11.8 Å². The summed E-state index contributed by atoms with van der Waals surface area (Å²) in [6.07, 6.45) is 3.87. The molecule has 0 aliphatic heterocycles. The monoisotopic (exact) mass is 393 g/mol. The maximum atomic E-state index is 14.7. The van der Waals surface area contributed by atoms with E-state index in [1.807, 2.05) is 19.9 Å². The number of carbonyl (C=O) groups is 2. The predicted octanol–water partition coefficient (Wildman–Crippen LogP) is 4.23. The molecule has 148 valence electrons. The van der Waals surface area contributed by atoms with Crippen molar-refractivity contribution in [2.75, 3.05) is 0 Å². The quantitative estimate of drug-likeness (QED) is 0.647. The Balaban J connectivity index is 1.82. The van der Waals surface area contributed by atoms with Crippen molar-refractivity contribution in [3.63, 3.8) is 0 Å². The number of hydrogen-bond donors (Lipinski definition) is 2. The second-order valence-corrected chi connectivity index (χ2v) is 7.36. The number of aromatic nitrogens is 3. The van der Waals surface area contributed by atoms with Crippen LogP contribution in [0.1, 0.15) is 62.0 Å². The topological polar surface area (TPSA) is 95.9 Å². The van der Waals surface area contributed by atoms with Gasteiger partial charge in [-0.1, -0.05) is 0 Å². The molecule has 2 N–H and O–H groups in total. The molecule has 1 unspecified atom stereocenters. The third kappa shape index (κ3) is 3.22. The summed E-state index contributed by atoms with van der Waals surface area (Å²) in [5, 5.41) is 16.3. The van der Waals surface area contributed by atoms with E-state index in [0.717, 1.165) is 30.2 Å². The van der Waals surface area contributed by atoms with Gasteiger partial charge in [-0.25, -0.2) is 9.18 Å². The normalized spacial score (nSPS) is 15.8. The molecule has 3 aromatic rings. The second-order valence-electron chi connectivity index (χ2n) is 7.36. The van der Waals surface area contributed by atoms with Crippen molar-refractivity contribution in [1.29, 1.82) is 0 Å². The number of aromatic amines is 1. The molecule has 29 heavy (non-hydrogen) atoms. The van der Waals surface area contributed by atoms with Crippen LogP contribution in [0.25, 0.3) is 11.3 Å². The lowest BCUT2D eigenvalue weighted by Crippen LogP contribution is -2.21. The number of nitrogens with one attached hydrogen (secondary N) is 1. The Morgan fingerprint density at radius 3 is 2.72 bits per heavy atom. The fourth-order valence-electron chi connectivity index (χ4n) is 4.13. The molecule has 0 radical (unpaired) electrons. The van der Waals surface area contributed by atoms with E-state index in [-0.39, 0.29) is 16.9 Å². The van der Waals surface area contributed by atoms with E-state index in [2.05, 4.69) is 15.2 Å². The number of nitrogens with zero attached hydrogens (tertiary/aromatic N) is 2. The van der Waals surface area contributed by atoms with Crippen LogP contribution < -0.4 is 0 Å². The highest BCUT2D eigenvalue weighted by molar-refractivity contribution is 6.04. The first-order chi connectivity index (χ1) is 13.9. The van der Waals surface area contributed by atoms with Gasteiger partial charge in [-0.15, -0.1) is 0 Å². The first-order valence-corrected chi connectivity index (χ1v) is 9.45. The number of carboxylic acids is 1. The first kappa shape index (κ1) is 19.0. The average molecular weight is 393 g/mol. The number of rotatable bonds is 4. The Labute approximate surface area is 166 Å². The standard InChI is InChI=1S/C22H20FN3O3/c1-11-8-9-24-12(2)18(11)21(27)15-4-3-5-17-19(15)20(26-25-17)14-7-6-13(22(28)29)10-16(14)23/h6-10,15H,3-5H2,1-2H3,(H,25,26)(H,28,29). The molecule has 0 saturated carbocycles. The van der Waals surface area contributed by atoms with Gasteiger partial charge in [-0.05, 0) is 62.9 Å². The number of H-pyrrole nitrogens is 1. The molecule has 2 heterocycles. The fourth-order valence-corrected chi connectivity index (χ4v) is 4.13. The third-order valence-corrected chi connectivity index (χ3v) is 5.53. The maximum absolute atomic E-state index is 14.7. The number of benzene rings is 1. The van der Waals surface area contributed by atoms with Crippen LogP contribution in [0, 0.1) is 19.7 Å². The van der Waals surface area contributed by atoms with Crippen LogP contribution in [0.5, 0.6) is 0 Å². The van der Waals surface area contributed by atoms with E-state index < -0.39 is 17.7 Å². The number of aryl methyl sites for hydroxylation is 3. The van der Waals surface area contributed by atoms with Gasteiger partial charge >= 0.3 is 5.97 Å². The van der Waals surface area contributed by atoms with E-state index >= 15 is 0 Å². The summed E-state index contributed by atoms with van der Waals surface area (Å²) in [5.74, 6) is -2.37. The van der Waals surface area contributed by atoms with E-state index in [4.69, 9.17) is 5.11 Å². The number of fused-ring (bicyclic) bond motifs is 1. The minimum absolute atomic E-state index is 0.0423. The Morgan fingerprint density at radius 2 is 2.03 bits per heavy atom. The SMILES string of the molecule is Cc1ccnc(C)c1C(=O)C1CCCc2[nH]nc(-c3ccc(C(=O)O)cc3F)c21. The lowest BCUT2D eigenvalue weighted by Gasteiger charge is -2.23. The Morgan fingerprint density at radius 1 is 1.24 bits per heavy atom. The van der Waals surface area contributed by atoms with Gasteiger partial charge in [0.1, 0.15) is 5.82 Å². The largest absolute Gasteiger partial charge is 0.478 e. The van der Waals surface area contributed by atoms with Gasteiger partial charge in [-0.3, -0.25) is 14.9 Å². The van der Waals surface area contributed by atoms with Gasteiger partial charge in [0.15, 0.2) is 5.78 Å². The number of pyridine rings is 1. The number of Topliss-reactive ketones (excluding diaryl/α,β-unsaturated/α-hetero) is 1. The summed E-state index contributed by atoms with van der Waals surface area (Å²) in [6, 6.07) is 5.54. The average Bonchev–Trinajstić information content (AvgIpc) is 3.11. The summed E-state index contributed by atoms with van der Waals surface area (Å²) in [4.78, 5) is 28.8. The first-order valence-electron chi connectivity index (χ1n) is 9.45. The van der Waals surface area contributed by atoms with E-state index in [1.54, 1.807) is 6.20 Å². The summed E-state index contributed by atoms with van der Waals surface area (Å²) >= 11 is 0. The lowest BCUT2D eigenvalue weighted by molar-refractivity contribution is 0.0696. The van der Waals surface area contributed by atoms with Gasteiger partial charge in [0.2, 0.25) is 0 Å². The molecule has 0 amide bonds. The van der Waals surface area contributed by atoms with Crippen LogP contribution in [0.2, 0.25) is 0 Å². The van der Waals surface area contributed by atoms with Crippen molar-refractivity contribution in [1.82, 2.24) is 15.2 Å². The van der Waals surface area contributed by atoms with Crippen LogP contribution in [0.4, 0.5) is 4.39 Å². The lowest BCUT2D eigenvalue weighted by atomic mass is 9.78. The van der Waals surface area contributed by atoms with Crippen LogP contribution >= 0.6 is 0 Å². The van der Waals surface area contributed by atoms with Crippen LogP contribution in [-0.2, 0) is 6.42 Å². The van der Waals surface area contributed by atoms with Gasteiger partial charge in [0.05, 0.1) is 17.2 Å². The number of hydrogen-bond acceptors (Lipinski definition) is 4. The van der Waals surface area contributed by atoms with Crippen LogP contribution in [0.3, 0.4) is 0 Å². The molecule has 0 saturated heterocycles. The highest BCUT2D eigenvalue weighted by Gasteiger charge is 2.34. The number of ketones is 1. The highest BCUT2D eigenvalue weighted by Crippen LogP contribution is 2.40. The highest BCUT2D eigenvalue weighted by atomic mass is 19.1. The maximum Gasteiger partial charge on any atom is 0.335 e. The smallest absolute Gasteiger partial charge is 0.335 e. The van der Waals surface area contributed by atoms with Crippen molar-refractivity contribution in [3.05, 3.63) is 69.9 Å². The Kier molecular flexibility index (Phi) is 4.74. The molecule has 1 aliphatic carbocycles. The molecule has 7 heteroatoms. The molecule has 6 nitrogen and oxygen atoms in total. The van der Waals surface area contributed by atoms with Crippen LogP contribution in [-0.4, -0.2) is 32.0 Å². The van der Waals surface area contributed by atoms with Crippen molar-refractivity contribution in [2.24, 2.45) is 0 Å². The Bertz CT molecular complexity index is 1120. The molecule has 0 spiro atoms. The number of carbonyl (C=O) groups excluding carboxylic acids is 1. The Hall–Kier alpha value is -3.35. The second kappa shape index (κ2) is 7.24. The summed E-state index contributed by atoms with van der Waals surface area (Å²) in [6.45, 7) is 3.69. The summed E-state index contributed by atoms with van der Waals surface area (Å²) in [7, 11) is 0. The molecular weight excluding hydrogens is 373 g/mol. The molecule has 1 atom stereocenters. The minimum Gasteiger partial charge on any atom is -0.478 e. The molecule has 2 aromatic heterocycles. The fraction of sp³-hybridized carbons (Fsp3) is 0.273. The molecule has 4 rings (SSSR count). The molecule has 0 bridgehead atoms. The zero-order chi connectivity index (χ0) is 20.7. The number of halogens is 1. The zero-order valence-corrected chi connectivity index (χ0v) is 16.1. The third-order valence-electron chi connectivity index (χ3n) is 5.53. The van der Waals surface area contributed by atoms with Crippen LogP contribution in [0.15, 0.2) is 30.5 Å². The predicted molar refractivity (Wildman–Crippen MR) is 105 cm³/mol. The minimum atomic E-state index is -1.20. The molecule has 0 fully saturated rings. The van der Waals surface area contributed by atoms with Crippen molar-refractivity contribution in [2.45, 2.75) is 39.0 Å². The summed E-state index contributed by atoms with van der Waals surface area (Å²) in [5.41, 5.74) is 4.07. The van der Waals surface area contributed by atoms with Crippen molar-refractivity contribution < 1.29 is 19.1 Å². The molecule has 1 aliphatic rings. The van der Waals surface area contributed by atoms with Gasteiger partial charge < -0.3 is 5.11 Å². The van der Waals surface area contributed by atoms with Crippen molar-refractivity contribution in [3.8, 4) is 11.3 Å². The van der Waals surface area contributed by atoms with E-state index in [1.165, 1.54) is 12.1 Å². The molecule has 1 aromatic carbocycles. The van der Waals surface area contributed by atoms with Gasteiger partial charge in [0, 0.05) is 34.3 Å². The molecular formula is C22H20FN3O3. The number of carboxylic acid groups (broad SMARTS) is 1. The van der Waals surface area contributed by atoms with E-state index in [9.17, 15) is 14.0 Å². The van der Waals surface area contributed by atoms with Gasteiger partial charge in [0.25, 0.3) is 0 Å². The van der Waals surface area contributed by atoms with E-state index in [0.29, 0.717) is 28.9 Å². The van der Waals surface area contributed by atoms with Gasteiger partial charge in [-0.2, -0.15) is 5.10 Å². The summed E-state index contributed by atoms with van der Waals surface area (Å²) < 4.78 is 14.7. The number of aromatic carboxylic acids is 1.